The van der Waals surface area contributed by atoms with Gasteiger partial charge in [-0.2, -0.15) is 0 Å². The Bertz CT molecular complexity index is 1790. The highest BCUT2D eigenvalue weighted by Gasteiger charge is 2.11. The molecule has 1 N–H and O–H groups in total. The van der Waals surface area contributed by atoms with Crippen molar-refractivity contribution >= 4 is 26.7 Å². The van der Waals surface area contributed by atoms with Crippen LogP contribution in [0.25, 0.3) is 10.8 Å². The first kappa shape index (κ1) is 33.5. The van der Waals surface area contributed by atoms with Crippen molar-refractivity contribution in [2.75, 3.05) is 52.9 Å². The van der Waals surface area contributed by atoms with Gasteiger partial charge in [-0.1, -0.05) is 63.9 Å². The molecule has 8 nitrogen and oxygen atoms in total. The van der Waals surface area contributed by atoms with Crippen molar-refractivity contribution in [2.24, 2.45) is 0 Å². The van der Waals surface area contributed by atoms with Crippen molar-refractivity contribution in [2.45, 2.75) is 0 Å². The largest absolute Gasteiger partial charge is 0.491 e. The number of aliphatic hydroxyl groups excluding tert-OH is 1. The second-order valence-corrected chi connectivity index (χ2v) is 10.8. The summed E-state index contributed by atoms with van der Waals surface area (Å²) < 4.78 is 30.2. The van der Waals surface area contributed by atoms with Gasteiger partial charge in [0.2, 0.25) is 0 Å². The van der Waals surface area contributed by atoms with Gasteiger partial charge in [-0.3, -0.25) is 9.97 Å². The second-order valence-electron chi connectivity index (χ2n) is 9.90. The average Bonchev–Trinajstić information content (AvgIpc) is 3.11. The quantitative estimate of drug-likeness (QED) is 0.111. The molecule has 0 radical (unpaired) electrons. The summed E-state index contributed by atoms with van der Waals surface area (Å²) in [4.78, 5) is 8.12. The number of aromatic nitrogens is 2. The summed E-state index contributed by atoms with van der Waals surface area (Å²) in [5, 5.41) is 10.7. The maximum atomic E-state index is 8.86. The monoisotopic (exact) mass is 692 g/mol. The van der Waals surface area contributed by atoms with Crippen molar-refractivity contribution < 1.29 is 28.8 Å². The fourth-order valence-electron chi connectivity index (χ4n) is 4.48. The van der Waals surface area contributed by atoms with Gasteiger partial charge >= 0.3 is 0 Å². The van der Waals surface area contributed by atoms with E-state index in [0.717, 1.165) is 37.9 Å². The molecule has 0 saturated carbocycles. The summed E-state index contributed by atoms with van der Waals surface area (Å²) in [5.41, 5.74) is 3.10. The van der Waals surface area contributed by atoms with E-state index in [-0.39, 0.29) is 6.61 Å². The minimum atomic E-state index is -0.00963. The molecule has 0 spiro atoms. The van der Waals surface area contributed by atoms with Crippen LogP contribution in [0.2, 0.25) is 0 Å². The van der Waals surface area contributed by atoms with Crippen LogP contribution in [-0.4, -0.2) is 67.9 Å². The maximum Gasteiger partial charge on any atom is 0.150 e. The molecule has 0 aliphatic heterocycles. The standard InChI is InChI=1S/C38H33BrN2O6/c39-33-27-31(9-7-29-11-15-40-16-12-29)38(32(28-33)10-8-30-13-17-41-18-14-30)47-26-23-44-22-25-46-37-6-2-3-34-35(37)4-1-5-36(34)45-24-21-43-20-19-42/h1-6,11-18,27-28,42H,19-26H2. The normalized spacial score (nSPS) is 10.4. The van der Waals surface area contributed by atoms with E-state index in [1.165, 1.54) is 0 Å². The topological polar surface area (TPSA) is 92.2 Å². The van der Waals surface area contributed by atoms with Crippen molar-refractivity contribution in [1.29, 1.82) is 0 Å². The molecule has 9 heteroatoms. The van der Waals surface area contributed by atoms with Crippen LogP contribution < -0.4 is 14.2 Å². The van der Waals surface area contributed by atoms with Gasteiger partial charge in [-0.25, -0.2) is 0 Å². The van der Waals surface area contributed by atoms with Crippen LogP contribution in [0.5, 0.6) is 17.2 Å². The molecule has 3 aromatic carbocycles. The Hall–Kier alpha value is -4.90. The Morgan fingerprint density at radius 2 is 1.02 bits per heavy atom. The van der Waals surface area contributed by atoms with E-state index in [1.807, 2.05) is 72.8 Å². The third-order valence-corrected chi connectivity index (χ3v) is 7.08. The molecule has 0 saturated heterocycles. The molecule has 47 heavy (non-hydrogen) atoms. The molecule has 0 atom stereocenters. The summed E-state index contributed by atoms with van der Waals surface area (Å²) in [6, 6.07) is 23.0. The van der Waals surface area contributed by atoms with Gasteiger partial charge in [0.15, 0.2) is 5.75 Å². The van der Waals surface area contributed by atoms with Crippen molar-refractivity contribution in [3.05, 3.63) is 124 Å². The van der Waals surface area contributed by atoms with Gasteiger partial charge in [-0.15, -0.1) is 0 Å². The van der Waals surface area contributed by atoms with E-state index in [4.69, 9.17) is 28.8 Å². The molecule has 2 aromatic heterocycles. The Balaban J connectivity index is 1.19. The zero-order valence-electron chi connectivity index (χ0n) is 25.7. The van der Waals surface area contributed by atoms with Crippen molar-refractivity contribution in [3.63, 3.8) is 0 Å². The van der Waals surface area contributed by atoms with Crippen molar-refractivity contribution in [1.82, 2.24) is 9.97 Å². The molecule has 0 aliphatic carbocycles. The highest BCUT2D eigenvalue weighted by Crippen LogP contribution is 2.32. The van der Waals surface area contributed by atoms with Crippen LogP contribution in [-0.2, 0) is 9.47 Å². The number of hydrogen-bond donors (Lipinski definition) is 1. The van der Waals surface area contributed by atoms with Crippen LogP contribution in [0, 0.1) is 23.7 Å². The van der Waals surface area contributed by atoms with E-state index >= 15 is 0 Å². The number of hydrogen-bond acceptors (Lipinski definition) is 8. The van der Waals surface area contributed by atoms with Gasteiger partial charge in [0.25, 0.3) is 0 Å². The molecule has 5 rings (SSSR count). The van der Waals surface area contributed by atoms with E-state index in [0.29, 0.717) is 63.1 Å². The third kappa shape index (κ3) is 10.3. The molecule has 0 unspecified atom stereocenters. The van der Waals surface area contributed by atoms with Gasteiger partial charge in [0.05, 0.1) is 44.2 Å². The lowest BCUT2D eigenvalue weighted by atomic mass is 10.1. The molecule has 0 bridgehead atoms. The molecule has 2 heterocycles. The lowest BCUT2D eigenvalue weighted by molar-refractivity contribution is 0.0708. The van der Waals surface area contributed by atoms with E-state index < -0.39 is 0 Å². The zero-order valence-corrected chi connectivity index (χ0v) is 27.2. The van der Waals surface area contributed by atoms with Gasteiger partial charge in [0.1, 0.15) is 31.3 Å². The van der Waals surface area contributed by atoms with Crippen molar-refractivity contribution in [3.8, 4) is 40.9 Å². The van der Waals surface area contributed by atoms with Crippen LogP contribution in [0.4, 0.5) is 0 Å². The highest BCUT2D eigenvalue weighted by molar-refractivity contribution is 9.10. The van der Waals surface area contributed by atoms with E-state index in [9.17, 15) is 0 Å². The number of aliphatic hydroxyl groups is 1. The zero-order chi connectivity index (χ0) is 32.5. The minimum Gasteiger partial charge on any atom is -0.491 e. The Labute approximate surface area is 282 Å². The summed E-state index contributed by atoms with van der Waals surface area (Å²) in [7, 11) is 0. The number of rotatable bonds is 14. The SMILES string of the molecule is OCCOCCOc1cccc2c(OCCOCCOc3c(C#Cc4ccncc4)cc(Br)cc3C#Cc3ccncc3)cccc12. The van der Waals surface area contributed by atoms with Crippen LogP contribution >= 0.6 is 15.9 Å². The number of pyridine rings is 2. The van der Waals surface area contributed by atoms with Gasteiger partial charge in [-0.05, 0) is 48.5 Å². The maximum absolute atomic E-state index is 8.86. The second kappa shape index (κ2) is 18.3. The van der Waals surface area contributed by atoms with Gasteiger partial charge < -0.3 is 28.8 Å². The summed E-state index contributed by atoms with van der Waals surface area (Å²) in [6.07, 6.45) is 6.84. The first-order valence-corrected chi connectivity index (χ1v) is 15.8. The summed E-state index contributed by atoms with van der Waals surface area (Å²) in [5.74, 6) is 14.9. The molecular formula is C38H33BrN2O6. The van der Waals surface area contributed by atoms with Gasteiger partial charge in [0, 0.05) is 51.2 Å². The fraction of sp³-hybridized carbons (Fsp3) is 0.211. The molecule has 0 aliphatic rings. The molecule has 5 aromatic rings. The number of ether oxygens (including phenoxy) is 5. The minimum absolute atomic E-state index is 0.00963. The van der Waals surface area contributed by atoms with Crippen LogP contribution in [0.1, 0.15) is 22.3 Å². The summed E-state index contributed by atoms with van der Waals surface area (Å²) >= 11 is 3.60. The molecular weight excluding hydrogens is 660 g/mol. The molecule has 0 fully saturated rings. The fourth-order valence-corrected chi connectivity index (χ4v) is 4.94. The van der Waals surface area contributed by atoms with Crippen LogP contribution in [0.15, 0.2) is 102 Å². The van der Waals surface area contributed by atoms with E-state index in [1.54, 1.807) is 24.8 Å². The Kier molecular flexibility index (Phi) is 13.0. The first-order chi connectivity index (χ1) is 23.2. The lowest BCUT2D eigenvalue weighted by Crippen LogP contribution is -2.13. The highest BCUT2D eigenvalue weighted by atomic mass is 79.9. The Morgan fingerprint density at radius 3 is 1.51 bits per heavy atom. The third-order valence-electron chi connectivity index (χ3n) is 6.62. The predicted octanol–water partition coefficient (Wildman–Crippen LogP) is 6.05. The summed E-state index contributed by atoms with van der Waals surface area (Å²) in [6.45, 7) is 2.45. The number of halogens is 1. The average molecular weight is 694 g/mol. The first-order valence-electron chi connectivity index (χ1n) is 15.1. The Morgan fingerprint density at radius 1 is 0.553 bits per heavy atom. The smallest absolute Gasteiger partial charge is 0.150 e. The van der Waals surface area contributed by atoms with E-state index in [2.05, 4.69) is 49.6 Å². The number of nitrogens with zero attached hydrogens (tertiary/aromatic N) is 2. The molecule has 0 amide bonds. The number of fused-ring (bicyclic) bond motifs is 1. The lowest BCUT2D eigenvalue weighted by Gasteiger charge is -2.14. The predicted molar refractivity (Wildman–Crippen MR) is 184 cm³/mol. The number of benzene rings is 3. The molecule has 238 valence electrons. The van der Waals surface area contributed by atoms with Crippen LogP contribution in [0.3, 0.4) is 0 Å².